The van der Waals surface area contributed by atoms with Crippen LogP contribution in [-0.4, -0.2) is 24.4 Å². The Hall–Kier alpha value is -2.09. The van der Waals surface area contributed by atoms with E-state index in [2.05, 4.69) is 14.5 Å². The number of aromatic nitrogens is 1. The minimum Gasteiger partial charge on any atom is -0.469 e. The molecule has 2 aromatic rings. The van der Waals surface area contributed by atoms with E-state index in [-0.39, 0.29) is 17.7 Å². The predicted molar refractivity (Wildman–Crippen MR) is 70.0 cm³/mol. The zero-order valence-electron chi connectivity index (χ0n) is 10.8. The SMILES string of the molecule is COC(=O)Cc1csc(-c2ccccc2OC(F)(F)F)n1. The van der Waals surface area contributed by atoms with Crippen LogP contribution in [0, 0.1) is 0 Å². The summed E-state index contributed by atoms with van der Waals surface area (Å²) in [7, 11) is 1.25. The molecule has 0 atom stereocenters. The van der Waals surface area contributed by atoms with Gasteiger partial charge in [0.2, 0.25) is 0 Å². The van der Waals surface area contributed by atoms with E-state index >= 15 is 0 Å². The number of benzene rings is 1. The molecule has 0 spiro atoms. The normalized spacial score (nSPS) is 11.2. The minimum atomic E-state index is -4.78. The number of esters is 1. The largest absolute Gasteiger partial charge is 0.573 e. The molecule has 2 rings (SSSR count). The first-order valence-electron chi connectivity index (χ1n) is 5.75. The van der Waals surface area contributed by atoms with E-state index in [1.807, 2.05) is 0 Å². The van der Waals surface area contributed by atoms with Crippen molar-refractivity contribution < 1.29 is 27.4 Å². The van der Waals surface area contributed by atoms with Gasteiger partial charge in [0, 0.05) is 5.38 Å². The van der Waals surface area contributed by atoms with Crippen molar-refractivity contribution in [2.75, 3.05) is 7.11 Å². The van der Waals surface area contributed by atoms with Gasteiger partial charge in [0.25, 0.3) is 0 Å². The van der Waals surface area contributed by atoms with Gasteiger partial charge in [-0.25, -0.2) is 4.98 Å². The van der Waals surface area contributed by atoms with Crippen molar-refractivity contribution in [2.45, 2.75) is 12.8 Å². The number of alkyl halides is 3. The molecular formula is C13H10F3NO3S. The summed E-state index contributed by atoms with van der Waals surface area (Å²) in [6, 6.07) is 5.71. The number of thiazole rings is 1. The van der Waals surface area contributed by atoms with E-state index in [1.54, 1.807) is 11.4 Å². The lowest BCUT2D eigenvalue weighted by Crippen LogP contribution is -2.17. The van der Waals surface area contributed by atoms with Crippen molar-refractivity contribution in [3.63, 3.8) is 0 Å². The molecule has 8 heteroatoms. The van der Waals surface area contributed by atoms with E-state index in [0.29, 0.717) is 10.7 Å². The van der Waals surface area contributed by atoms with Crippen LogP contribution in [0.25, 0.3) is 10.6 Å². The van der Waals surface area contributed by atoms with Crippen molar-refractivity contribution in [1.29, 1.82) is 0 Å². The number of methoxy groups -OCH3 is 1. The Morgan fingerprint density at radius 1 is 1.33 bits per heavy atom. The summed E-state index contributed by atoms with van der Waals surface area (Å²) in [4.78, 5) is 15.3. The molecule has 1 aromatic heterocycles. The third kappa shape index (κ3) is 4.19. The molecule has 0 aliphatic rings. The maximum atomic E-state index is 12.4. The fourth-order valence-corrected chi connectivity index (χ4v) is 2.44. The molecule has 112 valence electrons. The van der Waals surface area contributed by atoms with Gasteiger partial charge >= 0.3 is 12.3 Å². The first-order chi connectivity index (χ1) is 9.89. The van der Waals surface area contributed by atoms with Crippen molar-refractivity contribution >= 4 is 17.3 Å². The molecule has 0 bridgehead atoms. The van der Waals surface area contributed by atoms with Gasteiger partial charge in [0.05, 0.1) is 24.8 Å². The molecule has 0 unspecified atom stereocenters. The van der Waals surface area contributed by atoms with Gasteiger partial charge < -0.3 is 9.47 Å². The molecule has 0 saturated carbocycles. The average molecular weight is 317 g/mol. The van der Waals surface area contributed by atoms with Gasteiger partial charge in [-0.3, -0.25) is 4.79 Å². The van der Waals surface area contributed by atoms with Gasteiger partial charge in [-0.15, -0.1) is 24.5 Å². The first-order valence-corrected chi connectivity index (χ1v) is 6.63. The number of ether oxygens (including phenoxy) is 2. The number of hydrogen-bond acceptors (Lipinski definition) is 5. The Morgan fingerprint density at radius 3 is 2.71 bits per heavy atom. The number of nitrogens with zero attached hydrogens (tertiary/aromatic N) is 1. The third-order valence-electron chi connectivity index (χ3n) is 2.45. The quantitative estimate of drug-likeness (QED) is 0.811. The third-order valence-corrected chi connectivity index (χ3v) is 3.37. The number of para-hydroxylation sites is 1. The monoisotopic (exact) mass is 317 g/mol. The highest BCUT2D eigenvalue weighted by molar-refractivity contribution is 7.13. The highest BCUT2D eigenvalue weighted by Crippen LogP contribution is 2.35. The van der Waals surface area contributed by atoms with E-state index < -0.39 is 12.3 Å². The van der Waals surface area contributed by atoms with Gasteiger partial charge in [0.15, 0.2) is 0 Å². The molecule has 21 heavy (non-hydrogen) atoms. The lowest BCUT2D eigenvalue weighted by atomic mass is 10.2. The zero-order valence-corrected chi connectivity index (χ0v) is 11.6. The second-order valence-corrected chi connectivity index (χ2v) is 4.80. The minimum absolute atomic E-state index is 0.0324. The molecular weight excluding hydrogens is 307 g/mol. The molecule has 0 amide bonds. The number of carbonyl (C=O) groups excluding carboxylic acids is 1. The highest BCUT2D eigenvalue weighted by Gasteiger charge is 2.32. The van der Waals surface area contributed by atoms with Crippen LogP contribution >= 0.6 is 11.3 Å². The molecule has 0 radical (unpaired) electrons. The predicted octanol–water partition coefficient (Wildman–Crippen LogP) is 3.42. The van der Waals surface area contributed by atoms with Crippen LogP contribution in [0.5, 0.6) is 5.75 Å². The molecule has 1 heterocycles. The Kier molecular flexibility index (Phi) is 4.46. The number of carbonyl (C=O) groups is 1. The maximum Gasteiger partial charge on any atom is 0.573 e. The van der Waals surface area contributed by atoms with Gasteiger partial charge in [0.1, 0.15) is 10.8 Å². The van der Waals surface area contributed by atoms with Crippen LogP contribution < -0.4 is 4.74 Å². The molecule has 1 aromatic carbocycles. The van der Waals surface area contributed by atoms with Gasteiger partial charge in [-0.05, 0) is 12.1 Å². The molecule has 0 N–H and O–H groups in total. The van der Waals surface area contributed by atoms with Crippen molar-refractivity contribution in [3.05, 3.63) is 35.3 Å². The van der Waals surface area contributed by atoms with E-state index in [4.69, 9.17) is 0 Å². The van der Waals surface area contributed by atoms with Crippen LogP contribution in [0.4, 0.5) is 13.2 Å². The second kappa shape index (κ2) is 6.13. The standard InChI is InChI=1S/C13H10F3NO3S/c1-19-11(18)6-8-7-21-12(17-8)9-4-2-3-5-10(9)20-13(14,15)16/h2-5,7H,6H2,1H3. The van der Waals surface area contributed by atoms with Crippen LogP contribution in [-0.2, 0) is 16.0 Å². The summed E-state index contributed by atoms with van der Waals surface area (Å²) in [6.45, 7) is 0. The summed E-state index contributed by atoms with van der Waals surface area (Å²) in [5.74, 6) is -0.796. The molecule has 0 saturated heterocycles. The van der Waals surface area contributed by atoms with Gasteiger partial charge in [-0.2, -0.15) is 0 Å². The lowest BCUT2D eigenvalue weighted by Gasteiger charge is -2.11. The van der Waals surface area contributed by atoms with Gasteiger partial charge in [-0.1, -0.05) is 12.1 Å². The van der Waals surface area contributed by atoms with Crippen LogP contribution in [0.3, 0.4) is 0 Å². The van der Waals surface area contributed by atoms with Crippen molar-refractivity contribution in [3.8, 4) is 16.3 Å². The van der Waals surface area contributed by atoms with Crippen LogP contribution in [0.1, 0.15) is 5.69 Å². The fraction of sp³-hybridized carbons (Fsp3) is 0.231. The summed E-state index contributed by atoms with van der Waals surface area (Å²) in [5.41, 5.74) is 0.652. The fourth-order valence-electron chi connectivity index (χ4n) is 1.59. The van der Waals surface area contributed by atoms with E-state index in [1.165, 1.54) is 25.3 Å². The molecule has 4 nitrogen and oxygen atoms in total. The van der Waals surface area contributed by atoms with Crippen LogP contribution in [0.2, 0.25) is 0 Å². The Bertz CT molecular complexity index is 640. The molecule has 0 aliphatic heterocycles. The summed E-state index contributed by atoms with van der Waals surface area (Å²) >= 11 is 1.13. The highest BCUT2D eigenvalue weighted by atomic mass is 32.1. The second-order valence-electron chi connectivity index (χ2n) is 3.94. The van der Waals surface area contributed by atoms with Crippen molar-refractivity contribution in [1.82, 2.24) is 4.98 Å². The summed E-state index contributed by atoms with van der Waals surface area (Å²) in [6.07, 6.45) is -4.81. The van der Waals surface area contributed by atoms with Crippen LogP contribution in [0.15, 0.2) is 29.6 Å². The smallest absolute Gasteiger partial charge is 0.469 e. The Balaban J connectivity index is 2.28. The summed E-state index contributed by atoms with van der Waals surface area (Å²) in [5, 5.41) is 1.94. The average Bonchev–Trinajstić information content (AvgIpc) is 2.85. The number of rotatable bonds is 4. The molecule has 0 aliphatic carbocycles. The first kappa shape index (κ1) is 15.3. The van der Waals surface area contributed by atoms with E-state index in [9.17, 15) is 18.0 Å². The molecule has 0 fully saturated rings. The Labute approximate surface area is 122 Å². The topological polar surface area (TPSA) is 48.4 Å². The van der Waals surface area contributed by atoms with E-state index in [0.717, 1.165) is 11.3 Å². The van der Waals surface area contributed by atoms with Crippen molar-refractivity contribution in [2.24, 2.45) is 0 Å². The number of halogens is 3. The number of hydrogen-bond donors (Lipinski definition) is 0. The summed E-state index contributed by atoms with van der Waals surface area (Å²) < 4.78 is 45.6. The maximum absolute atomic E-state index is 12.4. The Morgan fingerprint density at radius 2 is 2.05 bits per heavy atom. The zero-order chi connectivity index (χ0) is 15.5. The lowest BCUT2D eigenvalue weighted by molar-refractivity contribution is -0.274.